The molecule has 130 valence electrons. The average molecular weight is 330 g/mol. The Morgan fingerprint density at radius 2 is 1.83 bits per heavy atom. The van der Waals surface area contributed by atoms with Gasteiger partial charge in [-0.05, 0) is 50.7 Å². The van der Waals surface area contributed by atoms with Crippen LogP contribution < -0.4 is 5.32 Å². The van der Waals surface area contributed by atoms with Crippen molar-refractivity contribution in [3.63, 3.8) is 0 Å². The highest BCUT2D eigenvalue weighted by molar-refractivity contribution is 5.94. The smallest absolute Gasteiger partial charge is 0.253 e. The molecule has 5 nitrogen and oxygen atoms in total. The zero-order valence-corrected chi connectivity index (χ0v) is 14.2. The summed E-state index contributed by atoms with van der Waals surface area (Å²) in [5.41, 5.74) is 0.724. The van der Waals surface area contributed by atoms with Crippen molar-refractivity contribution in [1.82, 2.24) is 10.2 Å². The van der Waals surface area contributed by atoms with Gasteiger partial charge in [-0.1, -0.05) is 18.2 Å². The van der Waals surface area contributed by atoms with E-state index >= 15 is 0 Å². The Kier molecular flexibility index (Phi) is 5.51. The Bertz CT molecular complexity index is 563. The van der Waals surface area contributed by atoms with E-state index in [0.29, 0.717) is 25.6 Å². The fraction of sp³-hybridized carbons (Fsp3) is 0.579. The maximum atomic E-state index is 12.4. The first-order valence-corrected chi connectivity index (χ1v) is 8.90. The first-order chi connectivity index (χ1) is 11.6. The lowest BCUT2D eigenvalue weighted by atomic mass is 10.0. The average Bonchev–Trinajstić information content (AvgIpc) is 3.45. The number of hydrogen-bond acceptors (Lipinski definition) is 3. The number of amides is 2. The molecule has 2 fully saturated rings. The van der Waals surface area contributed by atoms with Crippen LogP contribution in [0.4, 0.5) is 0 Å². The molecule has 0 spiro atoms. The number of ether oxygens (including phenoxy) is 1. The third kappa shape index (κ3) is 4.57. The normalized spacial score (nSPS) is 19.8. The number of benzene rings is 1. The van der Waals surface area contributed by atoms with Crippen molar-refractivity contribution in [3.8, 4) is 0 Å². The van der Waals surface area contributed by atoms with Crippen LogP contribution in [0.15, 0.2) is 30.3 Å². The second-order valence-electron chi connectivity index (χ2n) is 6.86. The molecule has 0 bridgehead atoms. The number of piperidine rings is 1. The summed E-state index contributed by atoms with van der Waals surface area (Å²) < 4.78 is 5.61. The third-order valence-electron chi connectivity index (χ3n) is 4.80. The molecular formula is C19H26N2O3. The van der Waals surface area contributed by atoms with E-state index in [2.05, 4.69) is 5.32 Å². The summed E-state index contributed by atoms with van der Waals surface area (Å²) in [7, 11) is 0. The van der Waals surface area contributed by atoms with Gasteiger partial charge < -0.3 is 15.0 Å². The number of nitrogens with one attached hydrogen (secondary N) is 1. The fourth-order valence-electron chi connectivity index (χ4n) is 2.95. The van der Waals surface area contributed by atoms with Gasteiger partial charge in [0.2, 0.25) is 5.91 Å². The maximum Gasteiger partial charge on any atom is 0.253 e. The minimum absolute atomic E-state index is 0.0384. The first-order valence-electron chi connectivity index (χ1n) is 8.90. The highest BCUT2D eigenvalue weighted by atomic mass is 16.5. The Morgan fingerprint density at radius 1 is 1.17 bits per heavy atom. The van der Waals surface area contributed by atoms with Gasteiger partial charge in [-0.2, -0.15) is 0 Å². The van der Waals surface area contributed by atoms with Gasteiger partial charge in [-0.25, -0.2) is 0 Å². The number of hydrogen-bond donors (Lipinski definition) is 1. The number of nitrogens with zero attached hydrogens (tertiary/aromatic N) is 1. The molecule has 1 heterocycles. The molecule has 1 aliphatic carbocycles. The third-order valence-corrected chi connectivity index (χ3v) is 4.80. The van der Waals surface area contributed by atoms with Gasteiger partial charge in [0.1, 0.15) is 6.10 Å². The van der Waals surface area contributed by atoms with Crippen LogP contribution in [-0.4, -0.2) is 48.6 Å². The van der Waals surface area contributed by atoms with Crippen molar-refractivity contribution in [2.45, 2.75) is 44.8 Å². The molecule has 24 heavy (non-hydrogen) atoms. The van der Waals surface area contributed by atoms with Gasteiger partial charge in [-0.3, -0.25) is 9.59 Å². The van der Waals surface area contributed by atoms with Gasteiger partial charge in [-0.15, -0.1) is 0 Å². The van der Waals surface area contributed by atoms with Gasteiger partial charge in [0.25, 0.3) is 5.91 Å². The molecule has 2 amide bonds. The minimum Gasteiger partial charge on any atom is -0.368 e. The first kappa shape index (κ1) is 17.0. The zero-order valence-electron chi connectivity index (χ0n) is 14.2. The number of likely N-dealkylation sites (tertiary alicyclic amines) is 1. The molecule has 1 saturated heterocycles. The van der Waals surface area contributed by atoms with Crippen LogP contribution in [0.2, 0.25) is 0 Å². The van der Waals surface area contributed by atoms with Gasteiger partial charge >= 0.3 is 0 Å². The van der Waals surface area contributed by atoms with Crippen LogP contribution in [-0.2, 0) is 9.53 Å². The van der Waals surface area contributed by atoms with E-state index in [-0.39, 0.29) is 17.9 Å². The summed E-state index contributed by atoms with van der Waals surface area (Å²) >= 11 is 0. The van der Waals surface area contributed by atoms with Gasteiger partial charge in [0.15, 0.2) is 0 Å². The van der Waals surface area contributed by atoms with Crippen LogP contribution in [0, 0.1) is 5.92 Å². The Hall–Kier alpha value is -1.88. The summed E-state index contributed by atoms with van der Waals surface area (Å²) in [6.07, 6.45) is 3.64. The molecule has 0 aromatic heterocycles. The summed E-state index contributed by atoms with van der Waals surface area (Å²) in [6, 6.07) is 9.48. The highest BCUT2D eigenvalue weighted by Crippen LogP contribution is 2.29. The lowest BCUT2D eigenvalue weighted by Crippen LogP contribution is -2.48. The van der Waals surface area contributed by atoms with E-state index in [9.17, 15) is 9.59 Å². The van der Waals surface area contributed by atoms with E-state index in [1.54, 1.807) is 0 Å². The predicted octanol–water partition coefficient (Wildman–Crippen LogP) is 2.22. The topological polar surface area (TPSA) is 58.6 Å². The van der Waals surface area contributed by atoms with Crippen molar-refractivity contribution in [1.29, 1.82) is 0 Å². The van der Waals surface area contributed by atoms with E-state index in [0.717, 1.165) is 18.4 Å². The molecule has 1 atom stereocenters. The number of rotatable bonds is 6. The SMILES string of the molecule is CC(OCC1CC1)C(=O)NC1CCN(C(=O)c2ccccc2)CC1. The highest BCUT2D eigenvalue weighted by Gasteiger charge is 2.27. The standard InChI is InChI=1S/C19H26N2O3/c1-14(24-13-15-7-8-15)18(22)20-17-9-11-21(12-10-17)19(23)16-5-3-2-4-6-16/h2-6,14-15,17H,7-13H2,1H3,(H,20,22). The van der Waals surface area contributed by atoms with Crippen molar-refractivity contribution >= 4 is 11.8 Å². The molecule has 1 aliphatic heterocycles. The van der Waals surface area contributed by atoms with E-state index in [4.69, 9.17) is 4.74 Å². The summed E-state index contributed by atoms with van der Waals surface area (Å²) in [6.45, 7) is 3.86. The maximum absolute atomic E-state index is 12.4. The molecule has 3 rings (SSSR count). The van der Waals surface area contributed by atoms with Gasteiger partial charge in [0, 0.05) is 24.7 Å². The van der Waals surface area contributed by atoms with Crippen molar-refractivity contribution < 1.29 is 14.3 Å². The molecular weight excluding hydrogens is 304 g/mol. The van der Waals surface area contributed by atoms with Crippen molar-refractivity contribution in [2.75, 3.05) is 19.7 Å². The van der Waals surface area contributed by atoms with Crippen LogP contribution in [0.25, 0.3) is 0 Å². The van der Waals surface area contributed by atoms with Crippen LogP contribution in [0.5, 0.6) is 0 Å². The Morgan fingerprint density at radius 3 is 2.46 bits per heavy atom. The van der Waals surface area contributed by atoms with Gasteiger partial charge in [0.05, 0.1) is 6.61 Å². The molecule has 2 aliphatic rings. The summed E-state index contributed by atoms with van der Waals surface area (Å²) in [5, 5.41) is 3.06. The monoisotopic (exact) mass is 330 g/mol. The molecule has 1 unspecified atom stereocenters. The second kappa shape index (κ2) is 7.79. The summed E-state index contributed by atoms with van der Waals surface area (Å²) in [4.78, 5) is 26.4. The quantitative estimate of drug-likeness (QED) is 0.870. The lowest BCUT2D eigenvalue weighted by molar-refractivity contribution is -0.133. The Labute approximate surface area is 143 Å². The summed E-state index contributed by atoms with van der Waals surface area (Å²) in [5.74, 6) is 0.692. The zero-order chi connectivity index (χ0) is 16.9. The molecule has 1 aromatic rings. The van der Waals surface area contributed by atoms with E-state index < -0.39 is 6.10 Å². The molecule has 1 aromatic carbocycles. The van der Waals surface area contributed by atoms with Crippen LogP contribution in [0.1, 0.15) is 43.0 Å². The predicted molar refractivity (Wildman–Crippen MR) is 91.6 cm³/mol. The molecule has 0 radical (unpaired) electrons. The molecule has 1 saturated carbocycles. The number of carbonyl (C=O) groups excluding carboxylic acids is 2. The Balaban J connectivity index is 1.41. The number of carbonyl (C=O) groups is 2. The molecule has 5 heteroatoms. The van der Waals surface area contributed by atoms with Crippen molar-refractivity contribution in [3.05, 3.63) is 35.9 Å². The van der Waals surface area contributed by atoms with E-state index in [1.165, 1.54) is 12.8 Å². The second-order valence-corrected chi connectivity index (χ2v) is 6.86. The molecule has 1 N–H and O–H groups in total. The fourth-order valence-corrected chi connectivity index (χ4v) is 2.95. The van der Waals surface area contributed by atoms with Crippen LogP contribution >= 0.6 is 0 Å². The van der Waals surface area contributed by atoms with Crippen molar-refractivity contribution in [2.24, 2.45) is 5.92 Å². The minimum atomic E-state index is -0.394. The largest absolute Gasteiger partial charge is 0.368 e. The lowest BCUT2D eigenvalue weighted by Gasteiger charge is -2.33. The van der Waals surface area contributed by atoms with Crippen LogP contribution in [0.3, 0.4) is 0 Å². The van der Waals surface area contributed by atoms with E-state index in [1.807, 2.05) is 42.2 Å².